The molecular formula is C22H25N3O3S3. The van der Waals surface area contributed by atoms with Gasteiger partial charge < -0.3 is 5.32 Å². The van der Waals surface area contributed by atoms with Gasteiger partial charge in [-0.3, -0.25) is 14.4 Å². The zero-order valence-corrected chi connectivity index (χ0v) is 19.4. The van der Waals surface area contributed by atoms with E-state index in [2.05, 4.69) is 32.5 Å². The van der Waals surface area contributed by atoms with Crippen molar-refractivity contribution < 1.29 is 13.2 Å². The first-order valence-electron chi connectivity index (χ1n) is 10.2. The van der Waals surface area contributed by atoms with Gasteiger partial charge in [-0.2, -0.15) is 0 Å². The van der Waals surface area contributed by atoms with Gasteiger partial charge in [0.05, 0.1) is 0 Å². The summed E-state index contributed by atoms with van der Waals surface area (Å²) in [5.41, 5.74) is 0.824. The van der Waals surface area contributed by atoms with Crippen LogP contribution in [0.4, 0.5) is 5.69 Å². The van der Waals surface area contributed by atoms with Gasteiger partial charge in [-0.15, -0.1) is 22.7 Å². The Morgan fingerprint density at radius 3 is 2.52 bits per heavy atom. The third kappa shape index (κ3) is 5.94. The Morgan fingerprint density at radius 2 is 1.81 bits per heavy atom. The zero-order valence-electron chi connectivity index (χ0n) is 17.0. The first-order valence-corrected chi connectivity index (χ1v) is 13.4. The quantitative estimate of drug-likeness (QED) is 0.510. The fourth-order valence-electron chi connectivity index (χ4n) is 3.66. The summed E-state index contributed by atoms with van der Waals surface area (Å²) in [6.07, 6.45) is 2.12. The van der Waals surface area contributed by atoms with Crippen molar-refractivity contribution in [2.75, 3.05) is 24.4 Å². The second kappa shape index (κ2) is 9.95. The summed E-state index contributed by atoms with van der Waals surface area (Å²) in [4.78, 5) is 16.5. The number of hydrogen-bond donors (Lipinski definition) is 2. The molecule has 4 rings (SSSR count). The fourth-order valence-corrected chi connectivity index (χ4v) is 6.45. The van der Waals surface area contributed by atoms with Crippen LogP contribution in [0, 0.1) is 5.92 Å². The van der Waals surface area contributed by atoms with Crippen LogP contribution < -0.4 is 10.0 Å². The molecule has 0 saturated carbocycles. The van der Waals surface area contributed by atoms with E-state index in [1.54, 1.807) is 53.1 Å². The summed E-state index contributed by atoms with van der Waals surface area (Å²) in [5, 5.41) is 6.84. The van der Waals surface area contributed by atoms with Gasteiger partial charge in [-0.05, 0) is 72.9 Å². The summed E-state index contributed by atoms with van der Waals surface area (Å²) >= 11 is 2.94. The number of nitrogens with one attached hydrogen (secondary N) is 2. The van der Waals surface area contributed by atoms with Gasteiger partial charge in [-0.25, -0.2) is 8.42 Å². The minimum atomic E-state index is -3.63. The lowest BCUT2D eigenvalue weighted by molar-refractivity contribution is 0.0935. The Labute approximate surface area is 191 Å². The highest BCUT2D eigenvalue weighted by atomic mass is 32.2. The highest BCUT2D eigenvalue weighted by molar-refractivity contribution is 7.94. The number of piperidine rings is 1. The first-order chi connectivity index (χ1) is 15.0. The number of thiophene rings is 2. The average molecular weight is 476 g/mol. The van der Waals surface area contributed by atoms with Crippen LogP contribution in [0.25, 0.3) is 0 Å². The van der Waals surface area contributed by atoms with Gasteiger partial charge in [0.15, 0.2) is 0 Å². The van der Waals surface area contributed by atoms with Gasteiger partial charge in [0.2, 0.25) is 0 Å². The molecule has 0 spiro atoms. The summed E-state index contributed by atoms with van der Waals surface area (Å²) in [5.74, 6) is 0.280. The molecule has 2 N–H and O–H groups in total. The van der Waals surface area contributed by atoms with Crippen LogP contribution in [0.15, 0.2) is 63.5 Å². The predicted molar refractivity (Wildman–Crippen MR) is 126 cm³/mol. The summed E-state index contributed by atoms with van der Waals surface area (Å²) in [6.45, 7) is 3.72. The number of likely N-dealkylation sites (tertiary alicyclic amines) is 1. The highest BCUT2D eigenvalue weighted by Gasteiger charge is 2.21. The molecule has 3 heterocycles. The van der Waals surface area contributed by atoms with Crippen LogP contribution in [-0.4, -0.2) is 38.9 Å². The van der Waals surface area contributed by atoms with E-state index in [0.29, 0.717) is 23.7 Å². The number of nitrogens with zero attached hydrogens (tertiary/aromatic N) is 1. The number of sulfonamides is 1. The van der Waals surface area contributed by atoms with E-state index in [1.165, 1.54) is 4.88 Å². The normalized spacial score (nSPS) is 15.6. The third-order valence-electron chi connectivity index (χ3n) is 5.35. The maximum atomic E-state index is 12.6. The molecule has 1 aliphatic rings. The fraction of sp³-hybridized carbons (Fsp3) is 0.318. The van der Waals surface area contributed by atoms with Crippen LogP contribution in [0.5, 0.6) is 0 Å². The molecule has 6 nitrogen and oxygen atoms in total. The Bertz CT molecular complexity index is 1090. The molecule has 9 heteroatoms. The van der Waals surface area contributed by atoms with Crippen molar-refractivity contribution in [1.29, 1.82) is 0 Å². The number of hydrogen-bond acceptors (Lipinski definition) is 6. The molecule has 0 radical (unpaired) electrons. The molecule has 1 amide bonds. The highest BCUT2D eigenvalue weighted by Crippen LogP contribution is 2.22. The van der Waals surface area contributed by atoms with Gasteiger partial charge in [-0.1, -0.05) is 18.2 Å². The van der Waals surface area contributed by atoms with Gasteiger partial charge in [0, 0.05) is 29.2 Å². The Balaban J connectivity index is 1.27. The van der Waals surface area contributed by atoms with E-state index in [1.807, 2.05) is 0 Å². The first kappa shape index (κ1) is 22.0. The lowest BCUT2D eigenvalue weighted by atomic mass is 9.96. The Kier molecular flexibility index (Phi) is 7.06. The largest absolute Gasteiger partial charge is 0.352 e. The van der Waals surface area contributed by atoms with Crippen LogP contribution in [0.1, 0.15) is 28.1 Å². The number of carbonyl (C=O) groups is 1. The second-order valence-corrected chi connectivity index (χ2v) is 11.5. The van der Waals surface area contributed by atoms with E-state index < -0.39 is 10.0 Å². The molecule has 0 unspecified atom stereocenters. The van der Waals surface area contributed by atoms with Crippen molar-refractivity contribution in [3.63, 3.8) is 0 Å². The standard InChI is InChI=1S/C22H25N3O3S3/c26-22(23-15-17-8-10-25(11-9-17)16-20-6-2-12-29-20)18-4-1-5-19(14-18)24-31(27,28)21-7-3-13-30-21/h1-7,12-14,17,24H,8-11,15-16H2,(H,23,26). The molecule has 164 valence electrons. The van der Waals surface area contributed by atoms with Crippen molar-refractivity contribution >= 4 is 44.3 Å². The van der Waals surface area contributed by atoms with Crippen molar-refractivity contribution in [2.45, 2.75) is 23.6 Å². The molecule has 0 bridgehead atoms. The van der Waals surface area contributed by atoms with Gasteiger partial charge >= 0.3 is 0 Å². The predicted octanol–water partition coefficient (Wildman–Crippen LogP) is 4.25. The molecule has 0 atom stereocenters. The van der Waals surface area contributed by atoms with Crippen molar-refractivity contribution in [3.05, 3.63) is 69.7 Å². The van der Waals surface area contributed by atoms with Crippen molar-refractivity contribution in [1.82, 2.24) is 10.2 Å². The topological polar surface area (TPSA) is 78.5 Å². The Hall–Kier alpha value is -2.20. The lowest BCUT2D eigenvalue weighted by Crippen LogP contribution is -2.38. The van der Waals surface area contributed by atoms with E-state index >= 15 is 0 Å². The Morgan fingerprint density at radius 1 is 1.03 bits per heavy atom. The molecule has 3 aromatic rings. The van der Waals surface area contributed by atoms with Crippen LogP contribution in [-0.2, 0) is 16.6 Å². The third-order valence-corrected chi connectivity index (χ3v) is 8.99. The minimum Gasteiger partial charge on any atom is -0.352 e. The molecule has 1 saturated heterocycles. The molecular weight excluding hydrogens is 450 g/mol. The van der Waals surface area contributed by atoms with E-state index in [4.69, 9.17) is 0 Å². The molecule has 1 aliphatic heterocycles. The average Bonchev–Trinajstić information content (AvgIpc) is 3.48. The maximum absolute atomic E-state index is 12.6. The molecule has 1 aromatic carbocycles. The maximum Gasteiger partial charge on any atom is 0.271 e. The van der Waals surface area contributed by atoms with Gasteiger partial charge in [0.1, 0.15) is 4.21 Å². The summed E-state index contributed by atoms with van der Waals surface area (Å²) in [6, 6.07) is 14.1. The number of amides is 1. The van der Waals surface area contributed by atoms with Crippen LogP contribution in [0.3, 0.4) is 0 Å². The van der Waals surface area contributed by atoms with E-state index in [9.17, 15) is 13.2 Å². The SMILES string of the molecule is O=C(NCC1CCN(Cc2cccs2)CC1)c1cccc(NS(=O)(=O)c2cccs2)c1. The second-order valence-electron chi connectivity index (χ2n) is 7.63. The van der Waals surface area contributed by atoms with Crippen molar-refractivity contribution in [3.8, 4) is 0 Å². The smallest absolute Gasteiger partial charge is 0.271 e. The van der Waals surface area contributed by atoms with Gasteiger partial charge in [0.25, 0.3) is 15.9 Å². The monoisotopic (exact) mass is 475 g/mol. The zero-order chi connectivity index (χ0) is 21.7. The number of benzene rings is 1. The van der Waals surface area contributed by atoms with E-state index in [-0.39, 0.29) is 10.1 Å². The summed E-state index contributed by atoms with van der Waals surface area (Å²) in [7, 11) is -3.63. The molecule has 0 aliphatic carbocycles. The summed E-state index contributed by atoms with van der Waals surface area (Å²) < 4.78 is 27.6. The minimum absolute atomic E-state index is 0.182. The number of rotatable bonds is 8. The molecule has 1 fully saturated rings. The lowest BCUT2D eigenvalue weighted by Gasteiger charge is -2.31. The van der Waals surface area contributed by atoms with Crippen LogP contribution >= 0.6 is 22.7 Å². The van der Waals surface area contributed by atoms with E-state index in [0.717, 1.165) is 43.8 Å². The molecule has 2 aromatic heterocycles. The van der Waals surface area contributed by atoms with Crippen LogP contribution in [0.2, 0.25) is 0 Å². The number of anilines is 1. The number of carbonyl (C=O) groups excluding carboxylic acids is 1. The molecule has 31 heavy (non-hydrogen) atoms. The van der Waals surface area contributed by atoms with Crippen molar-refractivity contribution in [2.24, 2.45) is 5.92 Å².